The fourth-order valence-corrected chi connectivity index (χ4v) is 2.46. The second kappa shape index (κ2) is 7.89. The Bertz CT molecular complexity index is 793. The second-order valence-corrected chi connectivity index (χ2v) is 5.96. The van der Waals surface area contributed by atoms with E-state index in [9.17, 15) is 9.59 Å². The van der Waals surface area contributed by atoms with Crippen LogP contribution in [0.4, 0.5) is 5.69 Å². The smallest absolute Gasteiger partial charge is 0.335 e. The summed E-state index contributed by atoms with van der Waals surface area (Å²) in [4.78, 5) is 23.1. The van der Waals surface area contributed by atoms with E-state index in [1.54, 1.807) is 30.3 Å². The molecule has 124 valence electrons. The van der Waals surface area contributed by atoms with Gasteiger partial charge in [0, 0.05) is 10.2 Å². The van der Waals surface area contributed by atoms with Crippen molar-refractivity contribution in [2.24, 2.45) is 0 Å². The quantitative estimate of drug-likeness (QED) is 0.672. The largest absolute Gasteiger partial charge is 0.496 e. The monoisotopic (exact) mass is 408 g/mol. The highest BCUT2D eigenvalue weighted by Gasteiger charge is 2.14. The first-order valence-electron chi connectivity index (χ1n) is 6.70. The number of thiocarbonyl (C=S) groups is 1. The Hall–Kier alpha value is -2.45. The van der Waals surface area contributed by atoms with Gasteiger partial charge in [0.25, 0.3) is 5.91 Å². The molecule has 0 aliphatic heterocycles. The molecule has 2 aromatic rings. The zero-order valence-electron chi connectivity index (χ0n) is 12.5. The van der Waals surface area contributed by atoms with Crippen molar-refractivity contribution in [1.29, 1.82) is 0 Å². The number of anilines is 1. The number of methoxy groups -OCH3 is 1. The third-order valence-corrected chi connectivity index (χ3v) is 3.72. The number of aromatic carboxylic acids is 1. The molecule has 0 aliphatic rings. The highest BCUT2D eigenvalue weighted by Crippen LogP contribution is 2.22. The standard InChI is InChI=1S/C16H13BrN2O4S/c1-23-13-7-4-10(17)8-12(13)14(20)19-16(24)18-11-5-2-9(3-6-11)15(21)22/h2-8H,1H3,(H,21,22)(H2,18,19,20,24). The Balaban J connectivity index is 2.05. The topological polar surface area (TPSA) is 87.7 Å². The predicted molar refractivity (Wildman–Crippen MR) is 97.8 cm³/mol. The molecular weight excluding hydrogens is 396 g/mol. The van der Waals surface area contributed by atoms with Gasteiger partial charge in [-0.15, -0.1) is 0 Å². The lowest BCUT2D eigenvalue weighted by molar-refractivity contribution is 0.0696. The fourth-order valence-electron chi connectivity index (χ4n) is 1.89. The lowest BCUT2D eigenvalue weighted by Crippen LogP contribution is -2.34. The van der Waals surface area contributed by atoms with E-state index in [0.29, 0.717) is 17.0 Å². The van der Waals surface area contributed by atoms with Crippen LogP contribution in [0, 0.1) is 0 Å². The highest BCUT2D eigenvalue weighted by molar-refractivity contribution is 9.10. The molecule has 0 spiro atoms. The SMILES string of the molecule is COc1ccc(Br)cc1C(=O)NC(=S)Nc1ccc(C(=O)O)cc1. The minimum Gasteiger partial charge on any atom is -0.496 e. The average molecular weight is 409 g/mol. The average Bonchev–Trinajstić information content (AvgIpc) is 2.55. The molecule has 0 fully saturated rings. The number of benzene rings is 2. The zero-order chi connectivity index (χ0) is 17.7. The first kappa shape index (κ1) is 17.9. The maximum Gasteiger partial charge on any atom is 0.335 e. The first-order valence-corrected chi connectivity index (χ1v) is 7.90. The van der Waals surface area contributed by atoms with Crippen LogP contribution in [0.15, 0.2) is 46.9 Å². The predicted octanol–water partition coefficient (Wildman–Crippen LogP) is 3.28. The normalized spacial score (nSPS) is 9.92. The summed E-state index contributed by atoms with van der Waals surface area (Å²) in [6.45, 7) is 0. The number of nitrogens with one attached hydrogen (secondary N) is 2. The van der Waals surface area contributed by atoms with Crippen LogP contribution in [0.1, 0.15) is 20.7 Å². The van der Waals surface area contributed by atoms with Crippen LogP contribution in [-0.2, 0) is 0 Å². The number of hydrogen-bond acceptors (Lipinski definition) is 4. The molecule has 6 nitrogen and oxygen atoms in total. The van der Waals surface area contributed by atoms with Crippen molar-refractivity contribution in [2.45, 2.75) is 0 Å². The Labute approximate surface area is 152 Å². The molecule has 0 aromatic heterocycles. The van der Waals surface area contributed by atoms with E-state index in [0.717, 1.165) is 4.47 Å². The maximum absolute atomic E-state index is 12.3. The number of ether oxygens (including phenoxy) is 1. The second-order valence-electron chi connectivity index (χ2n) is 4.64. The first-order chi connectivity index (χ1) is 11.4. The summed E-state index contributed by atoms with van der Waals surface area (Å²) < 4.78 is 5.89. The molecule has 2 rings (SSSR count). The van der Waals surface area contributed by atoms with Crippen molar-refractivity contribution in [3.05, 3.63) is 58.1 Å². The lowest BCUT2D eigenvalue weighted by Gasteiger charge is -2.12. The van der Waals surface area contributed by atoms with Gasteiger partial charge in [-0.1, -0.05) is 15.9 Å². The molecule has 2 aromatic carbocycles. The summed E-state index contributed by atoms with van der Waals surface area (Å²) in [5, 5.41) is 14.3. The van der Waals surface area contributed by atoms with Gasteiger partial charge in [0.2, 0.25) is 0 Å². The van der Waals surface area contributed by atoms with Gasteiger partial charge in [0.05, 0.1) is 18.2 Å². The number of rotatable bonds is 4. The van der Waals surface area contributed by atoms with Gasteiger partial charge >= 0.3 is 5.97 Å². The van der Waals surface area contributed by atoms with Crippen molar-refractivity contribution in [3.63, 3.8) is 0 Å². The van der Waals surface area contributed by atoms with Gasteiger partial charge in [-0.05, 0) is 54.7 Å². The number of hydrogen-bond donors (Lipinski definition) is 3. The minimum atomic E-state index is -1.01. The number of carbonyl (C=O) groups is 2. The Morgan fingerprint density at radius 2 is 1.83 bits per heavy atom. The summed E-state index contributed by atoms with van der Waals surface area (Å²) in [7, 11) is 1.47. The Kier molecular flexibility index (Phi) is 5.88. The van der Waals surface area contributed by atoms with Gasteiger partial charge in [0.1, 0.15) is 5.75 Å². The number of halogens is 1. The zero-order valence-corrected chi connectivity index (χ0v) is 14.9. The number of carbonyl (C=O) groups excluding carboxylic acids is 1. The van der Waals surface area contributed by atoms with Gasteiger partial charge in [-0.25, -0.2) is 4.79 Å². The van der Waals surface area contributed by atoms with Gasteiger partial charge in [-0.2, -0.15) is 0 Å². The van der Waals surface area contributed by atoms with E-state index in [2.05, 4.69) is 26.6 Å². The number of carboxylic acid groups (broad SMARTS) is 1. The van der Waals surface area contributed by atoms with Crippen LogP contribution in [-0.4, -0.2) is 29.2 Å². The van der Waals surface area contributed by atoms with E-state index in [1.807, 2.05) is 0 Å². The molecule has 0 saturated heterocycles. The van der Waals surface area contributed by atoms with Crippen molar-refractivity contribution in [3.8, 4) is 5.75 Å². The van der Waals surface area contributed by atoms with Crippen molar-refractivity contribution in [2.75, 3.05) is 12.4 Å². The van der Waals surface area contributed by atoms with Crippen LogP contribution in [0.25, 0.3) is 0 Å². The third-order valence-electron chi connectivity index (χ3n) is 3.02. The molecular formula is C16H13BrN2O4S. The van der Waals surface area contributed by atoms with Crippen LogP contribution >= 0.6 is 28.1 Å². The van der Waals surface area contributed by atoms with Crippen LogP contribution in [0.3, 0.4) is 0 Å². The fraction of sp³-hybridized carbons (Fsp3) is 0.0625. The van der Waals surface area contributed by atoms with E-state index >= 15 is 0 Å². The van der Waals surface area contributed by atoms with E-state index in [1.165, 1.54) is 19.2 Å². The summed E-state index contributed by atoms with van der Waals surface area (Å²) in [6.07, 6.45) is 0. The molecule has 0 aliphatic carbocycles. The molecule has 24 heavy (non-hydrogen) atoms. The summed E-state index contributed by atoms with van der Waals surface area (Å²) >= 11 is 8.40. The molecule has 0 atom stereocenters. The summed E-state index contributed by atoms with van der Waals surface area (Å²) in [6, 6.07) is 11.0. The molecule has 0 heterocycles. The molecule has 0 unspecified atom stereocenters. The third kappa shape index (κ3) is 4.53. The van der Waals surface area contributed by atoms with Crippen molar-refractivity contribution >= 4 is 50.8 Å². The Morgan fingerprint density at radius 1 is 1.17 bits per heavy atom. The number of carboxylic acids is 1. The van der Waals surface area contributed by atoms with E-state index < -0.39 is 11.9 Å². The lowest BCUT2D eigenvalue weighted by atomic mass is 10.2. The molecule has 3 N–H and O–H groups in total. The van der Waals surface area contributed by atoms with Crippen LogP contribution in [0.5, 0.6) is 5.75 Å². The van der Waals surface area contributed by atoms with E-state index in [-0.39, 0.29) is 10.7 Å². The minimum absolute atomic E-state index is 0.0881. The highest BCUT2D eigenvalue weighted by atomic mass is 79.9. The molecule has 0 radical (unpaired) electrons. The molecule has 1 amide bonds. The summed E-state index contributed by atoms with van der Waals surface area (Å²) in [5.41, 5.74) is 1.05. The maximum atomic E-state index is 12.3. The summed E-state index contributed by atoms with van der Waals surface area (Å²) in [5.74, 6) is -1.02. The molecule has 8 heteroatoms. The van der Waals surface area contributed by atoms with Gasteiger partial charge in [-0.3, -0.25) is 10.1 Å². The van der Waals surface area contributed by atoms with Gasteiger partial charge < -0.3 is 15.2 Å². The number of amides is 1. The van der Waals surface area contributed by atoms with Crippen molar-refractivity contribution in [1.82, 2.24) is 5.32 Å². The van der Waals surface area contributed by atoms with Gasteiger partial charge in [0.15, 0.2) is 5.11 Å². The Morgan fingerprint density at radius 3 is 2.42 bits per heavy atom. The van der Waals surface area contributed by atoms with E-state index in [4.69, 9.17) is 22.1 Å². The van der Waals surface area contributed by atoms with Crippen LogP contribution < -0.4 is 15.4 Å². The van der Waals surface area contributed by atoms with Crippen molar-refractivity contribution < 1.29 is 19.4 Å². The molecule has 0 saturated carbocycles. The van der Waals surface area contributed by atoms with Crippen LogP contribution in [0.2, 0.25) is 0 Å². The molecule has 0 bridgehead atoms.